The molecule has 0 unspecified atom stereocenters. The third-order valence-corrected chi connectivity index (χ3v) is 1.28. The Balaban J connectivity index is 4.88. The summed E-state index contributed by atoms with van der Waals surface area (Å²) in [4.78, 5) is 0. The lowest BCUT2D eigenvalue weighted by Gasteiger charge is -2.05. The topological polar surface area (TPSA) is 9.23 Å². The Morgan fingerprint density at radius 1 is 0.923 bits per heavy atom. The molecule has 0 radical (unpaired) electrons. The largest absolute Gasteiger partial charge is 0.465 e. The van der Waals surface area contributed by atoms with Crippen LogP contribution in [0.2, 0.25) is 0 Å². The van der Waals surface area contributed by atoms with Gasteiger partial charge in [0.1, 0.15) is 5.76 Å². The second-order valence-corrected chi connectivity index (χ2v) is 2.11. The first-order valence-electron chi connectivity index (χ1n) is 3.86. The van der Waals surface area contributed by atoms with Gasteiger partial charge in [-0.1, -0.05) is 50.6 Å². The van der Waals surface area contributed by atoms with Crippen molar-refractivity contribution in [2.75, 3.05) is 0 Å². The van der Waals surface area contributed by atoms with Crippen molar-refractivity contribution in [3.63, 3.8) is 0 Å². The predicted molar refractivity (Wildman–Crippen MR) is 58.0 cm³/mol. The smallest absolute Gasteiger partial charge is 0.133 e. The van der Waals surface area contributed by atoms with Gasteiger partial charge in [0.15, 0.2) is 0 Å². The SMILES string of the molecule is C=C/C=C(C=C)\C(=C/C=C)OC=C. The number of allylic oxidation sites excluding steroid dienone is 5. The fourth-order valence-electron chi connectivity index (χ4n) is 0.778. The van der Waals surface area contributed by atoms with Crippen LogP contribution in [0.4, 0.5) is 0 Å². The molecule has 0 aromatic carbocycles. The van der Waals surface area contributed by atoms with Gasteiger partial charge in [-0.2, -0.15) is 0 Å². The summed E-state index contributed by atoms with van der Waals surface area (Å²) in [5.41, 5.74) is 0.842. The Labute approximate surface area is 79.7 Å². The molecule has 0 aliphatic rings. The molecule has 0 bridgehead atoms. The molecule has 0 aromatic heterocycles. The van der Waals surface area contributed by atoms with Crippen LogP contribution in [0.5, 0.6) is 0 Å². The summed E-state index contributed by atoms with van der Waals surface area (Å²) >= 11 is 0. The average Bonchev–Trinajstić information content (AvgIpc) is 2.14. The van der Waals surface area contributed by atoms with Crippen molar-refractivity contribution in [2.24, 2.45) is 0 Å². The van der Waals surface area contributed by atoms with Gasteiger partial charge in [0.2, 0.25) is 0 Å². The summed E-state index contributed by atoms with van der Waals surface area (Å²) in [5.74, 6) is 0.653. The second kappa shape index (κ2) is 6.92. The van der Waals surface area contributed by atoms with E-state index >= 15 is 0 Å². The molecule has 0 saturated carbocycles. The molecule has 0 fully saturated rings. The van der Waals surface area contributed by atoms with E-state index in [-0.39, 0.29) is 0 Å². The summed E-state index contributed by atoms with van der Waals surface area (Å²) in [5, 5.41) is 0. The molecule has 0 aliphatic heterocycles. The van der Waals surface area contributed by atoms with Crippen LogP contribution in [-0.4, -0.2) is 0 Å². The van der Waals surface area contributed by atoms with Gasteiger partial charge in [-0.25, -0.2) is 0 Å². The lowest BCUT2D eigenvalue weighted by Crippen LogP contribution is -1.87. The molecule has 0 heterocycles. The Morgan fingerprint density at radius 2 is 1.54 bits per heavy atom. The van der Waals surface area contributed by atoms with Gasteiger partial charge < -0.3 is 4.74 Å². The van der Waals surface area contributed by atoms with E-state index in [9.17, 15) is 0 Å². The van der Waals surface area contributed by atoms with Crippen LogP contribution in [-0.2, 0) is 4.74 Å². The van der Waals surface area contributed by atoms with Crippen molar-refractivity contribution < 1.29 is 4.74 Å². The van der Waals surface area contributed by atoms with Crippen molar-refractivity contribution >= 4 is 0 Å². The van der Waals surface area contributed by atoms with E-state index in [2.05, 4.69) is 26.3 Å². The molecular formula is C12H14O. The minimum Gasteiger partial charge on any atom is -0.465 e. The highest BCUT2D eigenvalue weighted by Gasteiger charge is 1.98. The lowest BCUT2D eigenvalue weighted by atomic mass is 10.2. The first kappa shape index (κ1) is 11.2. The van der Waals surface area contributed by atoms with E-state index in [4.69, 9.17) is 4.74 Å². The molecule has 1 nitrogen and oxygen atoms in total. The zero-order valence-corrected chi connectivity index (χ0v) is 7.70. The highest BCUT2D eigenvalue weighted by molar-refractivity contribution is 5.39. The van der Waals surface area contributed by atoms with Gasteiger partial charge in [0.05, 0.1) is 6.26 Å². The van der Waals surface area contributed by atoms with E-state index in [1.165, 1.54) is 6.26 Å². The molecule has 0 rings (SSSR count). The molecule has 0 atom stereocenters. The van der Waals surface area contributed by atoms with Crippen molar-refractivity contribution in [3.8, 4) is 0 Å². The van der Waals surface area contributed by atoms with Gasteiger partial charge in [0.25, 0.3) is 0 Å². The molecule has 0 amide bonds. The Hall–Kier alpha value is -1.76. The van der Waals surface area contributed by atoms with Crippen molar-refractivity contribution in [2.45, 2.75) is 0 Å². The molecule has 0 aliphatic carbocycles. The first-order valence-corrected chi connectivity index (χ1v) is 3.86. The predicted octanol–water partition coefficient (Wildman–Crippen LogP) is 3.51. The molecule has 1 heteroatoms. The summed E-state index contributed by atoms with van der Waals surface area (Å²) in [6.07, 6.45) is 9.88. The minimum atomic E-state index is 0.653. The molecule has 0 N–H and O–H groups in total. The zero-order valence-electron chi connectivity index (χ0n) is 7.70. The molecule has 0 saturated heterocycles. The summed E-state index contributed by atoms with van der Waals surface area (Å²) in [6, 6.07) is 0. The van der Waals surface area contributed by atoms with Crippen LogP contribution < -0.4 is 0 Å². The van der Waals surface area contributed by atoms with Crippen molar-refractivity contribution in [1.29, 1.82) is 0 Å². The third kappa shape index (κ3) is 3.97. The molecule has 68 valence electrons. The fourth-order valence-corrected chi connectivity index (χ4v) is 0.778. The quantitative estimate of drug-likeness (QED) is 0.442. The normalized spacial score (nSPS) is 11.7. The van der Waals surface area contributed by atoms with Crippen LogP contribution in [0.3, 0.4) is 0 Å². The summed E-state index contributed by atoms with van der Waals surface area (Å²) < 4.78 is 5.15. The molecule has 0 spiro atoms. The maximum absolute atomic E-state index is 5.15. The number of ether oxygens (including phenoxy) is 1. The summed E-state index contributed by atoms with van der Waals surface area (Å²) in [7, 11) is 0. The highest BCUT2D eigenvalue weighted by Crippen LogP contribution is 2.13. The van der Waals surface area contributed by atoms with E-state index in [1.807, 2.05) is 0 Å². The number of rotatable bonds is 6. The van der Waals surface area contributed by atoms with Crippen LogP contribution in [0.25, 0.3) is 0 Å². The van der Waals surface area contributed by atoms with E-state index in [0.29, 0.717) is 5.76 Å². The maximum Gasteiger partial charge on any atom is 0.133 e. The van der Waals surface area contributed by atoms with Gasteiger partial charge in [-0.3, -0.25) is 0 Å². The molecule has 13 heavy (non-hydrogen) atoms. The Morgan fingerprint density at radius 3 is 1.92 bits per heavy atom. The Kier molecular flexibility index (Phi) is 5.98. The van der Waals surface area contributed by atoms with Gasteiger partial charge >= 0.3 is 0 Å². The molecule has 0 aromatic rings. The third-order valence-electron chi connectivity index (χ3n) is 1.28. The fraction of sp³-hybridized carbons (Fsp3) is 0. The maximum atomic E-state index is 5.15. The summed E-state index contributed by atoms with van der Waals surface area (Å²) in [6.45, 7) is 14.3. The van der Waals surface area contributed by atoms with Crippen molar-refractivity contribution in [1.82, 2.24) is 0 Å². The number of hydrogen-bond acceptors (Lipinski definition) is 1. The van der Waals surface area contributed by atoms with E-state index in [1.54, 1.807) is 30.4 Å². The van der Waals surface area contributed by atoms with Crippen LogP contribution in [0.1, 0.15) is 0 Å². The average molecular weight is 174 g/mol. The van der Waals surface area contributed by atoms with E-state index in [0.717, 1.165) is 5.57 Å². The first-order chi connectivity index (χ1) is 6.29. The zero-order chi connectivity index (χ0) is 10.1. The van der Waals surface area contributed by atoms with Gasteiger partial charge in [-0.15, -0.1) is 0 Å². The van der Waals surface area contributed by atoms with Crippen molar-refractivity contribution in [3.05, 3.63) is 74.3 Å². The Bertz CT molecular complexity index is 267. The second-order valence-electron chi connectivity index (χ2n) is 2.11. The standard InChI is InChI=1S/C12H14O/c1-5-9-11(7-3)12(10-6-2)13-8-4/h5-10H,1-4H2/b11-9-,12-10+. The van der Waals surface area contributed by atoms with Crippen LogP contribution in [0, 0.1) is 0 Å². The lowest BCUT2D eigenvalue weighted by molar-refractivity contribution is 0.365. The van der Waals surface area contributed by atoms with Crippen LogP contribution in [0.15, 0.2) is 74.3 Å². The molecular weight excluding hydrogens is 160 g/mol. The number of hydrogen-bond donors (Lipinski definition) is 0. The highest BCUT2D eigenvalue weighted by atomic mass is 16.5. The van der Waals surface area contributed by atoms with Gasteiger partial charge in [0, 0.05) is 5.57 Å². The van der Waals surface area contributed by atoms with Crippen LogP contribution >= 0.6 is 0 Å². The van der Waals surface area contributed by atoms with E-state index < -0.39 is 0 Å². The minimum absolute atomic E-state index is 0.653. The monoisotopic (exact) mass is 174 g/mol. The van der Waals surface area contributed by atoms with Gasteiger partial charge in [-0.05, 0) is 6.08 Å².